The normalized spacial score (nSPS) is 13.7. The van der Waals surface area contributed by atoms with Gasteiger partial charge in [-0.05, 0) is 13.8 Å². The Kier molecular flexibility index (Phi) is 3.94. The lowest BCUT2D eigenvalue weighted by molar-refractivity contribution is -0.00345. The number of hydrogen-bond donors (Lipinski definition) is 2. The lowest BCUT2D eigenvalue weighted by Gasteiger charge is -2.10. The molecule has 1 atom stereocenters. The molecular weight excluding hydrogens is 260 g/mol. The Labute approximate surface area is 107 Å². The summed E-state index contributed by atoms with van der Waals surface area (Å²) in [5, 5.41) is 11.8. The number of alkyl halides is 2. The van der Waals surface area contributed by atoms with E-state index in [0.717, 1.165) is 21.2 Å². The molecule has 0 saturated heterocycles. The van der Waals surface area contributed by atoms with Crippen LogP contribution in [-0.4, -0.2) is 33.6 Å². The number of halogens is 2. The first-order valence-corrected chi connectivity index (χ1v) is 6.41. The molecule has 0 fully saturated rings. The second kappa shape index (κ2) is 5.29. The van der Waals surface area contributed by atoms with Gasteiger partial charge in [0.15, 0.2) is 4.96 Å². The van der Waals surface area contributed by atoms with Gasteiger partial charge in [0.2, 0.25) is 0 Å². The number of fused-ring (bicyclic) bond motifs is 1. The molecule has 0 aliphatic rings. The number of hydrogen-bond acceptors (Lipinski definition) is 4. The molecule has 2 N–H and O–H groups in total. The van der Waals surface area contributed by atoms with Gasteiger partial charge in [0, 0.05) is 24.2 Å². The molecule has 2 rings (SSSR count). The van der Waals surface area contributed by atoms with Crippen molar-refractivity contribution < 1.29 is 13.9 Å². The minimum atomic E-state index is -2.72. The minimum Gasteiger partial charge on any atom is -0.386 e. The number of aryl methyl sites for hydroxylation is 2. The molecule has 0 saturated carbocycles. The van der Waals surface area contributed by atoms with Gasteiger partial charge in [0.05, 0.1) is 11.4 Å². The van der Waals surface area contributed by atoms with Gasteiger partial charge in [0.25, 0.3) is 6.43 Å². The highest BCUT2D eigenvalue weighted by Crippen LogP contribution is 2.20. The van der Waals surface area contributed by atoms with E-state index in [1.54, 1.807) is 11.3 Å². The van der Waals surface area contributed by atoms with E-state index < -0.39 is 12.5 Å². The summed E-state index contributed by atoms with van der Waals surface area (Å²) < 4.78 is 26.2. The number of thiazole rings is 1. The summed E-state index contributed by atoms with van der Waals surface area (Å²) in [4.78, 5) is 6.44. The standard InChI is InChI=1S/C11H15F2N3OS/c1-6-5-16-8(7(2)15-11(16)18-6)3-14-4-9(17)10(12)13/h5,9-10,14,17H,3-4H2,1-2H3. The molecule has 100 valence electrons. The van der Waals surface area contributed by atoms with Gasteiger partial charge < -0.3 is 10.4 Å². The molecule has 0 aromatic carbocycles. The maximum Gasteiger partial charge on any atom is 0.265 e. The lowest BCUT2D eigenvalue weighted by Crippen LogP contribution is -2.32. The van der Waals surface area contributed by atoms with Gasteiger partial charge >= 0.3 is 0 Å². The molecule has 0 amide bonds. The van der Waals surface area contributed by atoms with Crippen molar-refractivity contribution in [2.45, 2.75) is 32.9 Å². The number of rotatable bonds is 5. The molecule has 0 spiro atoms. The zero-order chi connectivity index (χ0) is 13.3. The van der Waals surface area contributed by atoms with Crippen LogP contribution in [0.3, 0.4) is 0 Å². The van der Waals surface area contributed by atoms with E-state index in [1.165, 1.54) is 0 Å². The Morgan fingerprint density at radius 2 is 2.22 bits per heavy atom. The Hall–Kier alpha value is -1.05. The number of nitrogens with one attached hydrogen (secondary N) is 1. The highest BCUT2D eigenvalue weighted by molar-refractivity contribution is 7.17. The van der Waals surface area contributed by atoms with Crippen molar-refractivity contribution in [3.8, 4) is 0 Å². The third-order valence-electron chi connectivity index (χ3n) is 2.68. The predicted octanol–water partition coefficient (Wildman–Crippen LogP) is 1.73. The molecule has 2 aromatic heterocycles. The summed E-state index contributed by atoms with van der Waals surface area (Å²) in [6, 6.07) is 0. The summed E-state index contributed by atoms with van der Waals surface area (Å²) in [6.45, 7) is 4.16. The van der Waals surface area contributed by atoms with Crippen LogP contribution in [0.1, 0.15) is 16.3 Å². The zero-order valence-electron chi connectivity index (χ0n) is 10.2. The van der Waals surface area contributed by atoms with Gasteiger partial charge in [-0.25, -0.2) is 13.8 Å². The fraction of sp³-hybridized carbons (Fsp3) is 0.545. The molecule has 0 radical (unpaired) electrons. The molecule has 4 nitrogen and oxygen atoms in total. The third-order valence-corrected chi connectivity index (χ3v) is 3.58. The Bertz CT molecular complexity index is 538. The Morgan fingerprint density at radius 1 is 1.50 bits per heavy atom. The van der Waals surface area contributed by atoms with E-state index in [4.69, 9.17) is 5.11 Å². The number of imidazole rings is 1. The maximum absolute atomic E-state index is 12.1. The molecule has 0 bridgehead atoms. The SMILES string of the molecule is Cc1cn2c(CNCC(O)C(F)F)c(C)nc2s1. The van der Waals surface area contributed by atoms with E-state index in [2.05, 4.69) is 10.3 Å². The lowest BCUT2D eigenvalue weighted by atomic mass is 10.3. The first kappa shape index (κ1) is 13.4. The van der Waals surface area contributed by atoms with Gasteiger partial charge in [-0.3, -0.25) is 4.40 Å². The summed E-state index contributed by atoms with van der Waals surface area (Å²) in [6.07, 6.45) is -2.37. The number of aromatic nitrogens is 2. The quantitative estimate of drug-likeness (QED) is 0.873. The molecule has 18 heavy (non-hydrogen) atoms. The second-order valence-corrected chi connectivity index (χ2v) is 5.38. The maximum atomic E-state index is 12.1. The third kappa shape index (κ3) is 2.68. The van der Waals surface area contributed by atoms with Crippen molar-refractivity contribution >= 4 is 16.3 Å². The van der Waals surface area contributed by atoms with Crippen LogP contribution >= 0.6 is 11.3 Å². The number of aliphatic hydroxyl groups is 1. The Balaban J connectivity index is 2.04. The van der Waals surface area contributed by atoms with Crippen LogP contribution in [0.15, 0.2) is 6.20 Å². The number of aliphatic hydroxyl groups excluding tert-OH is 1. The van der Waals surface area contributed by atoms with E-state index in [-0.39, 0.29) is 6.54 Å². The van der Waals surface area contributed by atoms with Crippen LogP contribution in [0.4, 0.5) is 8.78 Å². The van der Waals surface area contributed by atoms with Crippen LogP contribution in [0.25, 0.3) is 4.96 Å². The molecule has 0 aliphatic heterocycles. The van der Waals surface area contributed by atoms with Crippen molar-refractivity contribution in [1.82, 2.24) is 14.7 Å². The molecular formula is C11H15F2N3OS. The van der Waals surface area contributed by atoms with Gasteiger partial charge in [-0.15, -0.1) is 11.3 Å². The highest BCUT2D eigenvalue weighted by Gasteiger charge is 2.17. The molecule has 2 aromatic rings. The fourth-order valence-corrected chi connectivity index (χ4v) is 2.64. The van der Waals surface area contributed by atoms with Crippen molar-refractivity contribution in [3.05, 3.63) is 22.5 Å². The largest absolute Gasteiger partial charge is 0.386 e. The minimum absolute atomic E-state index is 0.131. The van der Waals surface area contributed by atoms with Crippen LogP contribution in [-0.2, 0) is 6.54 Å². The Morgan fingerprint density at radius 3 is 2.89 bits per heavy atom. The average molecular weight is 275 g/mol. The highest BCUT2D eigenvalue weighted by atomic mass is 32.1. The molecule has 1 unspecified atom stereocenters. The average Bonchev–Trinajstić information content (AvgIpc) is 2.76. The van der Waals surface area contributed by atoms with Gasteiger partial charge in [-0.1, -0.05) is 0 Å². The smallest absolute Gasteiger partial charge is 0.265 e. The van der Waals surface area contributed by atoms with E-state index >= 15 is 0 Å². The van der Waals surface area contributed by atoms with E-state index in [9.17, 15) is 8.78 Å². The first-order valence-electron chi connectivity index (χ1n) is 5.60. The van der Waals surface area contributed by atoms with Crippen LogP contribution < -0.4 is 5.32 Å². The summed E-state index contributed by atoms with van der Waals surface area (Å²) in [5.41, 5.74) is 1.82. The topological polar surface area (TPSA) is 49.6 Å². The molecule has 0 aliphatic carbocycles. The van der Waals surface area contributed by atoms with E-state index in [1.807, 2.05) is 24.4 Å². The summed E-state index contributed by atoms with van der Waals surface area (Å²) in [7, 11) is 0. The monoisotopic (exact) mass is 275 g/mol. The fourth-order valence-electron chi connectivity index (χ4n) is 1.75. The van der Waals surface area contributed by atoms with Crippen LogP contribution in [0, 0.1) is 13.8 Å². The summed E-state index contributed by atoms with van der Waals surface area (Å²) in [5.74, 6) is 0. The van der Waals surface area contributed by atoms with Gasteiger partial charge in [-0.2, -0.15) is 0 Å². The van der Waals surface area contributed by atoms with Gasteiger partial charge in [0.1, 0.15) is 6.10 Å². The van der Waals surface area contributed by atoms with Crippen molar-refractivity contribution in [2.24, 2.45) is 0 Å². The first-order chi connectivity index (χ1) is 8.49. The van der Waals surface area contributed by atoms with E-state index in [0.29, 0.717) is 6.54 Å². The summed E-state index contributed by atoms with van der Waals surface area (Å²) >= 11 is 1.59. The van der Waals surface area contributed by atoms with Crippen LogP contribution in [0.5, 0.6) is 0 Å². The van der Waals surface area contributed by atoms with Crippen molar-refractivity contribution in [3.63, 3.8) is 0 Å². The molecule has 2 heterocycles. The van der Waals surface area contributed by atoms with Crippen molar-refractivity contribution in [1.29, 1.82) is 0 Å². The second-order valence-electron chi connectivity index (χ2n) is 4.17. The van der Waals surface area contributed by atoms with Crippen molar-refractivity contribution in [2.75, 3.05) is 6.54 Å². The number of nitrogens with zero attached hydrogens (tertiary/aromatic N) is 2. The van der Waals surface area contributed by atoms with Crippen LogP contribution in [0.2, 0.25) is 0 Å². The molecule has 7 heteroatoms. The predicted molar refractivity (Wildman–Crippen MR) is 66.3 cm³/mol. The zero-order valence-corrected chi connectivity index (χ0v) is 11.0.